The number of hydrogen-bond donors (Lipinski definition) is 4. The predicted octanol–water partition coefficient (Wildman–Crippen LogP) is -1.60. The first-order valence-corrected chi connectivity index (χ1v) is 4.66. The normalized spacial score (nSPS) is 39.8. The summed E-state index contributed by atoms with van der Waals surface area (Å²) in [7, 11) is 1.21. The monoisotopic (exact) mass is 242 g/mol. The van der Waals surface area contributed by atoms with Crippen LogP contribution in [0.3, 0.4) is 0 Å². The summed E-state index contributed by atoms with van der Waals surface area (Å²) in [5.41, 5.74) is 0. The molecule has 1 fully saturated rings. The second-order valence-electron chi connectivity index (χ2n) is 3.54. The Morgan fingerprint density at radius 1 is 1.38 bits per heavy atom. The van der Waals surface area contributed by atoms with Crippen molar-refractivity contribution in [2.45, 2.75) is 36.9 Å². The van der Waals surface area contributed by atoms with Gasteiger partial charge in [0.05, 0.1) is 6.04 Å². The average Bonchev–Trinajstić information content (AvgIpc) is 2.25. The maximum atomic E-state index is 13.4. The average molecular weight is 242 g/mol. The standard InChI is InChI=1S/C8H13F3N2O3/c1-12-8(16)3-2(9)5(14)6(15)4(13-3)7(10)11/h2-7,13-15H,1H3,(H,12,16). The number of hydrogen-bond acceptors (Lipinski definition) is 4. The fourth-order valence-electron chi connectivity index (χ4n) is 1.59. The molecule has 0 saturated carbocycles. The van der Waals surface area contributed by atoms with E-state index in [1.54, 1.807) is 0 Å². The summed E-state index contributed by atoms with van der Waals surface area (Å²) >= 11 is 0. The second kappa shape index (κ2) is 4.98. The van der Waals surface area contributed by atoms with Crippen LogP contribution >= 0.6 is 0 Å². The third kappa shape index (κ3) is 2.28. The van der Waals surface area contributed by atoms with Gasteiger partial charge in [-0.15, -0.1) is 0 Å². The molecule has 0 aromatic rings. The minimum atomic E-state index is -3.01. The van der Waals surface area contributed by atoms with Crippen LogP contribution in [0.5, 0.6) is 0 Å². The quantitative estimate of drug-likeness (QED) is 0.470. The molecule has 0 radical (unpaired) electrons. The number of nitrogens with one attached hydrogen (secondary N) is 2. The highest BCUT2D eigenvalue weighted by Gasteiger charge is 2.49. The van der Waals surface area contributed by atoms with Crippen LogP contribution in [0.2, 0.25) is 0 Å². The van der Waals surface area contributed by atoms with E-state index in [0.717, 1.165) is 0 Å². The predicted molar refractivity (Wildman–Crippen MR) is 47.7 cm³/mol. The maximum Gasteiger partial charge on any atom is 0.256 e. The molecule has 8 heteroatoms. The van der Waals surface area contributed by atoms with Crippen molar-refractivity contribution in [3.63, 3.8) is 0 Å². The van der Waals surface area contributed by atoms with Crippen LogP contribution in [-0.4, -0.2) is 60.1 Å². The Morgan fingerprint density at radius 3 is 2.38 bits per heavy atom. The molecule has 1 saturated heterocycles. The van der Waals surface area contributed by atoms with E-state index < -0.39 is 42.8 Å². The third-order valence-corrected chi connectivity index (χ3v) is 2.53. The second-order valence-corrected chi connectivity index (χ2v) is 3.54. The fourth-order valence-corrected chi connectivity index (χ4v) is 1.59. The first-order valence-electron chi connectivity index (χ1n) is 4.66. The van der Waals surface area contributed by atoms with Crippen molar-refractivity contribution in [2.75, 3.05) is 7.05 Å². The Kier molecular flexibility index (Phi) is 4.11. The number of likely N-dealkylation sites (N-methyl/N-ethyl adjacent to an activating group) is 1. The van der Waals surface area contributed by atoms with Crippen LogP contribution in [0.1, 0.15) is 0 Å². The molecular formula is C8H13F3N2O3. The number of rotatable bonds is 2. The van der Waals surface area contributed by atoms with Crippen LogP contribution in [0.4, 0.5) is 13.2 Å². The molecule has 1 aliphatic heterocycles. The number of aliphatic hydroxyl groups excluding tert-OH is 2. The lowest BCUT2D eigenvalue weighted by Crippen LogP contribution is -2.68. The van der Waals surface area contributed by atoms with E-state index in [1.807, 2.05) is 5.32 Å². The largest absolute Gasteiger partial charge is 0.388 e. The lowest BCUT2D eigenvalue weighted by molar-refractivity contribution is -0.141. The molecule has 0 aromatic heterocycles. The number of carbonyl (C=O) groups excluding carboxylic acids is 1. The molecule has 1 heterocycles. The molecule has 4 N–H and O–H groups in total. The van der Waals surface area contributed by atoms with E-state index in [9.17, 15) is 28.2 Å². The van der Waals surface area contributed by atoms with Crippen molar-refractivity contribution in [2.24, 2.45) is 0 Å². The number of aliphatic hydroxyl groups is 2. The fraction of sp³-hybridized carbons (Fsp3) is 0.875. The maximum absolute atomic E-state index is 13.4. The van der Waals surface area contributed by atoms with Gasteiger partial charge in [-0.3, -0.25) is 10.1 Å². The Balaban J connectivity index is 2.85. The van der Waals surface area contributed by atoms with Crippen LogP contribution in [0.15, 0.2) is 0 Å². The summed E-state index contributed by atoms with van der Waals surface area (Å²) in [4.78, 5) is 11.1. The van der Waals surface area contributed by atoms with E-state index in [-0.39, 0.29) is 0 Å². The van der Waals surface area contributed by atoms with Gasteiger partial charge in [0.2, 0.25) is 5.91 Å². The first-order chi connectivity index (χ1) is 7.40. The van der Waals surface area contributed by atoms with Gasteiger partial charge < -0.3 is 15.5 Å². The van der Waals surface area contributed by atoms with Gasteiger partial charge in [0, 0.05) is 7.05 Å². The molecule has 5 atom stereocenters. The number of amides is 1. The minimum absolute atomic E-state index is 0.857. The van der Waals surface area contributed by atoms with Crippen molar-refractivity contribution >= 4 is 5.91 Å². The molecule has 94 valence electrons. The summed E-state index contributed by atoms with van der Waals surface area (Å²) < 4.78 is 38.2. The van der Waals surface area contributed by atoms with Crippen LogP contribution < -0.4 is 10.6 Å². The minimum Gasteiger partial charge on any atom is -0.388 e. The molecule has 0 aliphatic carbocycles. The van der Waals surface area contributed by atoms with Gasteiger partial charge in [0.15, 0.2) is 6.17 Å². The highest BCUT2D eigenvalue weighted by atomic mass is 19.3. The van der Waals surface area contributed by atoms with Gasteiger partial charge in [0.25, 0.3) is 6.43 Å². The number of alkyl halides is 3. The van der Waals surface area contributed by atoms with Crippen LogP contribution in [0.25, 0.3) is 0 Å². The van der Waals surface area contributed by atoms with Crippen molar-refractivity contribution in [1.29, 1.82) is 0 Å². The zero-order valence-electron chi connectivity index (χ0n) is 8.40. The van der Waals surface area contributed by atoms with Crippen molar-refractivity contribution in [1.82, 2.24) is 10.6 Å². The van der Waals surface area contributed by atoms with Gasteiger partial charge in [-0.05, 0) is 0 Å². The summed E-state index contributed by atoms with van der Waals surface area (Å²) in [6, 6.07) is -3.42. The summed E-state index contributed by atoms with van der Waals surface area (Å²) in [6.45, 7) is 0. The van der Waals surface area contributed by atoms with Crippen LogP contribution in [-0.2, 0) is 4.79 Å². The van der Waals surface area contributed by atoms with Crippen molar-refractivity contribution in [3.05, 3.63) is 0 Å². The Morgan fingerprint density at radius 2 is 1.94 bits per heavy atom. The van der Waals surface area contributed by atoms with Crippen LogP contribution in [0, 0.1) is 0 Å². The first kappa shape index (κ1) is 13.2. The molecule has 0 spiro atoms. The van der Waals surface area contributed by atoms with E-state index in [1.165, 1.54) is 7.05 Å². The SMILES string of the molecule is CNC(=O)C1NC(C(F)F)C(O)C(O)C1F. The topological polar surface area (TPSA) is 81.6 Å². The van der Waals surface area contributed by atoms with Gasteiger partial charge in [-0.2, -0.15) is 0 Å². The van der Waals surface area contributed by atoms with Gasteiger partial charge >= 0.3 is 0 Å². The molecule has 5 nitrogen and oxygen atoms in total. The lowest BCUT2D eigenvalue weighted by Gasteiger charge is -2.39. The van der Waals surface area contributed by atoms with Gasteiger partial charge in [-0.1, -0.05) is 0 Å². The molecule has 0 aromatic carbocycles. The highest BCUT2D eigenvalue weighted by molar-refractivity contribution is 5.82. The Hall–Kier alpha value is -0.860. The molecule has 1 rings (SSSR count). The number of piperidine rings is 1. The van der Waals surface area contributed by atoms with E-state index >= 15 is 0 Å². The lowest BCUT2D eigenvalue weighted by atomic mass is 9.91. The van der Waals surface area contributed by atoms with Crippen molar-refractivity contribution in [3.8, 4) is 0 Å². The van der Waals surface area contributed by atoms with Gasteiger partial charge in [-0.25, -0.2) is 13.2 Å². The van der Waals surface area contributed by atoms with E-state index in [2.05, 4.69) is 5.32 Å². The molecule has 5 unspecified atom stereocenters. The summed E-state index contributed by atoms with van der Waals surface area (Å²) in [6.07, 6.45) is -9.10. The highest BCUT2D eigenvalue weighted by Crippen LogP contribution is 2.22. The Bertz CT molecular complexity index is 267. The zero-order chi connectivity index (χ0) is 12.5. The number of halogens is 3. The Labute approximate surface area is 89.6 Å². The third-order valence-electron chi connectivity index (χ3n) is 2.53. The van der Waals surface area contributed by atoms with E-state index in [0.29, 0.717) is 0 Å². The van der Waals surface area contributed by atoms with E-state index in [4.69, 9.17) is 0 Å². The molecule has 1 amide bonds. The molecule has 0 bridgehead atoms. The smallest absolute Gasteiger partial charge is 0.256 e. The molecular weight excluding hydrogens is 229 g/mol. The molecule has 16 heavy (non-hydrogen) atoms. The van der Waals surface area contributed by atoms with Crippen molar-refractivity contribution < 1.29 is 28.2 Å². The summed E-state index contributed by atoms with van der Waals surface area (Å²) in [5.74, 6) is -0.857. The molecule has 1 aliphatic rings. The zero-order valence-corrected chi connectivity index (χ0v) is 8.40. The number of carbonyl (C=O) groups is 1. The summed E-state index contributed by atoms with van der Waals surface area (Å²) in [5, 5.41) is 22.5. The van der Waals surface area contributed by atoms with Gasteiger partial charge in [0.1, 0.15) is 18.2 Å².